The van der Waals surface area contributed by atoms with Crippen molar-refractivity contribution < 1.29 is 18.0 Å². The zero-order valence-electron chi connectivity index (χ0n) is 19.3. The molecule has 178 valence electrons. The minimum atomic E-state index is -3.53. The molecule has 1 aliphatic rings. The highest BCUT2D eigenvalue weighted by Gasteiger charge is 2.27. The summed E-state index contributed by atoms with van der Waals surface area (Å²) in [5.41, 5.74) is 2.05. The molecule has 2 aromatic carbocycles. The molecule has 0 aromatic heterocycles. The van der Waals surface area contributed by atoms with Gasteiger partial charge in [-0.3, -0.25) is 9.59 Å². The fourth-order valence-corrected chi connectivity index (χ4v) is 5.16. The van der Waals surface area contributed by atoms with Crippen LogP contribution in [0.5, 0.6) is 0 Å². The summed E-state index contributed by atoms with van der Waals surface area (Å²) in [6.07, 6.45) is 2.93. The molecule has 2 amide bonds. The van der Waals surface area contributed by atoms with Crippen molar-refractivity contribution in [3.63, 3.8) is 0 Å². The van der Waals surface area contributed by atoms with Crippen LogP contribution in [0.4, 0.5) is 0 Å². The van der Waals surface area contributed by atoms with Crippen molar-refractivity contribution in [2.24, 2.45) is 11.8 Å². The Bertz CT molecular complexity index is 1030. The molecule has 0 radical (unpaired) electrons. The first-order valence-corrected chi connectivity index (χ1v) is 12.8. The molecule has 0 bridgehead atoms. The molecule has 1 fully saturated rings. The second kappa shape index (κ2) is 11.4. The van der Waals surface area contributed by atoms with Gasteiger partial charge in [0.25, 0.3) is 0 Å². The van der Waals surface area contributed by atoms with Gasteiger partial charge in [-0.15, -0.1) is 0 Å². The predicted molar refractivity (Wildman–Crippen MR) is 128 cm³/mol. The smallest absolute Gasteiger partial charge is 0.242 e. The molecule has 0 heterocycles. The van der Waals surface area contributed by atoms with Crippen molar-refractivity contribution in [2.45, 2.75) is 44.0 Å². The lowest BCUT2D eigenvalue weighted by molar-refractivity contribution is -0.133. The monoisotopic (exact) mass is 471 g/mol. The number of hydrogen-bond acceptors (Lipinski definition) is 4. The van der Waals surface area contributed by atoms with E-state index in [1.165, 1.54) is 0 Å². The van der Waals surface area contributed by atoms with E-state index in [1.807, 2.05) is 37.3 Å². The Morgan fingerprint density at radius 2 is 1.61 bits per heavy atom. The van der Waals surface area contributed by atoms with E-state index in [9.17, 15) is 18.0 Å². The molecule has 33 heavy (non-hydrogen) atoms. The van der Waals surface area contributed by atoms with Crippen molar-refractivity contribution in [3.05, 3.63) is 65.7 Å². The molecule has 8 heteroatoms. The van der Waals surface area contributed by atoms with Gasteiger partial charge < -0.3 is 10.2 Å². The minimum Gasteiger partial charge on any atom is -0.347 e. The highest BCUT2D eigenvalue weighted by Crippen LogP contribution is 2.29. The fraction of sp³-hybridized carbons (Fsp3) is 0.440. The van der Waals surface area contributed by atoms with E-state index >= 15 is 0 Å². The third kappa shape index (κ3) is 7.40. The number of nitrogens with zero attached hydrogens (tertiary/aromatic N) is 1. The van der Waals surface area contributed by atoms with E-state index in [4.69, 9.17) is 0 Å². The molecule has 2 N–H and O–H groups in total. The summed E-state index contributed by atoms with van der Waals surface area (Å²) in [7, 11) is -1.80. The Morgan fingerprint density at radius 3 is 2.24 bits per heavy atom. The number of benzene rings is 2. The van der Waals surface area contributed by atoms with Crippen LogP contribution in [0.2, 0.25) is 0 Å². The van der Waals surface area contributed by atoms with Gasteiger partial charge in [-0.1, -0.05) is 48.0 Å². The number of carbonyl (C=O) groups is 2. The average Bonchev–Trinajstić information content (AvgIpc) is 2.82. The Hall–Kier alpha value is -2.71. The van der Waals surface area contributed by atoms with E-state index in [2.05, 4.69) is 10.0 Å². The number of amides is 2. The molecular formula is C25H33N3O4S. The van der Waals surface area contributed by atoms with Crippen LogP contribution in [0, 0.1) is 18.8 Å². The number of likely N-dealkylation sites (N-methyl/N-ethyl adjacent to an activating group) is 1. The van der Waals surface area contributed by atoms with Crippen LogP contribution >= 0.6 is 0 Å². The molecule has 1 saturated carbocycles. The van der Waals surface area contributed by atoms with Gasteiger partial charge in [-0.25, -0.2) is 13.1 Å². The van der Waals surface area contributed by atoms with Gasteiger partial charge in [0.05, 0.1) is 11.4 Å². The topological polar surface area (TPSA) is 95.6 Å². The molecule has 2 aromatic rings. The standard InChI is InChI=1S/C25H33N3O4S/c1-19-8-14-23(15-9-19)33(31,32)27-16-20-10-12-22(13-11-20)25(30)26-17-24(29)28(2)18-21-6-4-3-5-7-21/h3-9,14-15,20,22,27H,10-13,16-18H2,1-2H3,(H,26,30). The minimum absolute atomic E-state index is 0.0154. The van der Waals surface area contributed by atoms with Crippen LogP contribution in [0.3, 0.4) is 0 Å². The second-order valence-electron chi connectivity index (χ2n) is 8.84. The first-order chi connectivity index (χ1) is 15.7. The van der Waals surface area contributed by atoms with E-state index < -0.39 is 10.0 Å². The summed E-state index contributed by atoms with van der Waals surface area (Å²) in [5, 5.41) is 2.77. The largest absolute Gasteiger partial charge is 0.347 e. The summed E-state index contributed by atoms with van der Waals surface area (Å²) in [6, 6.07) is 16.5. The number of sulfonamides is 1. The lowest BCUT2D eigenvalue weighted by Gasteiger charge is -2.28. The fourth-order valence-electron chi connectivity index (χ4n) is 4.04. The molecular weight excluding hydrogens is 438 g/mol. The first-order valence-electron chi connectivity index (χ1n) is 11.4. The molecule has 0 atom stereocenters. The maximum Gasteiger partial charge on any atom is 0.242 e. The van der Waals surface area contributed by atoms with Crippen LogP contribution in [-0.2, 0) is 26.2 Å². The summed E-state index contributed by atoms with van der Waals surface area (Å²) in [4.78, 5) is 26.7. The quantitative estimate of drug-likeness (QED) is 0.588. The van der Waals surface area contributed by atoms with Crippen LogP contribution < -0.4 is 10.0 Å². The predicted octanol–water partition coefficient (Wildman–Crippen LogP) is 2.85. The van der Waals surface area contributed by atoms with E-state index in [0.717, 1.165) is 24.0 Å². The Morgan fingerprint density at radius 1 is 0.970 bits per heavy atom. The number of hydrogen-bond donors (Lipinski definition) is 2. The lowest BCUT2D eigenvalue weighted by atomic mass is 9.81. The maximum absolute atomic E-state index is 12.5. The van der Waals surface area contributed by atoms with Crippen LogP contribution in [0.15, 0.2) is 59.5 Å². The summed E-state index contributed by atoms with van der Waals surface area (Å²) in [5.74, 6) is -0.170. The van der Waals surface area contributed by atoms with E-state index in [0.29, 0.717) is 25.9 Å². The van der Waals surface area contributed by atoms with Crippen LogP contribution in [-0.4, -0.2) is 45.3 Å². The van der Waals surface area contributed by atoms with Gasteiger partial charge in [-0.05, 0) is 56.2 Å². The molecule has 1 aliphatic carbocycles. The van der Waals surface area contributed by atoms with Crippen molar-refractivity contribution in [1.29, 1.82) is 0 Å². The third-order valence-corrected chi connectivity index (χ3v) is 7.65. The Balaban J connectivity index is 1.38. The molecule has 0 aliphatic heterocycles. The average molecular weight is 472 g/mol. The number of nitrogens with one attached hydrogen (secondary N) is 2. The molecule has 7 nitrogen and oxygen atoms in total. The molecule has 0 unspecified atom stereocenters. The zero-order chi connectivity index (χ0) is 23.8. The molecule has 0 spiro atoms. The van der Waals surface area contributed by atoms with Gasteiger partial charge in [0.1, 0.15) is 0 Å². The lowest BCUT2D eigenvalue weighted by Crippen LogP contribution is -2.41. The molecule has 0 saturated heterocycles. The summed E-state index contributed by atoms with van der Waals surface area (Å²) in [6.45, 7) is 2.77. The maximum atomic E-state index is 12.5. The van der Waals surface area contributed by atoms with Gasteiger partial charge in [0.15, 0.2) is 0 Å². The van der Waals surface area contributed by atoms with Crippen molar-refractivity contribution in [2.75, 3.05) is 20.1 Å². The SMILES string of the molecule is Cc1ccc(S(=O)(=O)NCC2CCC(C(=O)NCC(=O)N(C)Cc3ccccc3)CC2)cc1. The van der Waals surface area contributed by atoms with Crippen molar-refractivity contribution in [1.82, 2.24) is 14.9 Å². The number of aryl methyl sites for hydroxylation is 1. The normalized spacial score (nSPS) is 18.5. The van der Waals surface area contributed by atoms with Crippen LogP contribution in [0.25, 0.3) is 0 Å². The van der Waals surface area contributed by atoms with E-state index in [-0.39, 0.29) is 35.1 Å². The molecule has 3 rings (SSSR count). The van der Waals surface area contributed by atoms with Gasteiger partial charge in [-0.2, -0.15) is 0 Å². The number of carbonyl (C=O) groups excluding carboxylic acids is 2. The van der Waals surface area contributed by atoms with Crippen LogP contribution in [0.1, 0.15) is 36.8 Å². The van der Waals surface area contributed by atoms with Crippen molar-refractivity contribution >= 4 is 21.8 Å². The van der Waals surface area contributed by atoms with Gasteiger partial charge >= 0.3 is 0 Å². The highest BCUT2D eigenvalue weighted by atomic mass is 32.2. The second-order valence-corrected chi connectivity index (χ2v) is 10.6. The summed E-state index contributed by atoms with van der Waals surface area (Å²) < 4.78 is 27.6. The van der Waals surface area contributed by atoms with Crippen molar-refractivity contribution in [3.8, 4) is 0 Å². The Kier molecular flexibility index (Phi) is 8.63. The Labute approximate surface area is 196 Å². The first kappa shape index (κ1) is 24.9. The third-order valence-electron chi connectivity index (χ3n) is 6.21. The van der Waals surface area contributed by atoms with E-state index in [1.54, 1.807) is 36.2 Å². The summed E-state index contributed by atoms with van der Waals surface area (Å²) >= 11 is 0. The zero-order valence-corrected chi connectivity index (χ0v) is 20.1. The van der Waals surface area contributed by atoms with Gasteiger partial charge in [0, 0.05) is 26.1 Å². The van der Waals surface area contributed by atoms with Gasteiger partial charge in [0.2, 0.25) is 21.8 Å². The highest BCUT2D eigenvalue weighted by molar-refractivity contribution is 7.89. The number of rotatable bonds is 9.